The highest BCUT2D eigenvalue weighted by Crippen LogP contribution is 2.35. The Morgan fingerprint density at radius 3 is 2.95 bits per heavy atom. The number of carbonyl (C=O) groups excluding carboxylic acids is 1. The number of fused-ring (bicyclic) bond motifs is 1. The molecule has 2 N–H and O–H groups in total. The van der Waals surface area contributed by atoms with E-state index in [1.54, 1.807) is 0 Å². The Kier molecular flexibility index (Phi) is 3.89. The SMILES string of the molecule is Cc1ccc2c(N)c(C(=O)N3CCCC(C)CC3)sc2c1. The first kappa shape index (κ1) is 14.4. The van der Waals surface area contributed by atoms with Gasteiger partial charge in [-0.25, -0.2) is 0 Å². The Morgan fingerprint density at radius 2 is 2.14 bits per heavy atom. The second kappa shape index (κ2) is 5.68. The lowest BCUT2D eigenvalue weighted by atomic mass is 10.0. The molecule has 1 unspecified atom stereocenters. The normalized spacial score (nSPS) is 19.7. The zero-order valence-electron chi connectivity index (χ0n) is 12.7. The van der Waals surface area contributed by atoms with Crippen molar-refractivity contribution >= 4 is 33.0 Å². The van der Waals surface area contributed by atoms with Crippen molar-refractivity contribution < 1.29 is 4.79 Å². The molecular weight excluding hydrogens is 280 g/mol. The Labute approximate surface area is 129 Å². The topological polar surface area (TPSA) is 46.3 Å². The zero-order chi connectivity index (χ0) is 15.0. The van der Waals surface area contributed by atoms with Crippen LogP contribution in [0.4, 0.5) is 5.69 Å². The maximum atomic E-state index is 12.8. The Morgan fingerprint density at radius 1 is 1.33 bits per heavy atom. The molecule has 2 aromatic rings. The average Bonchev–Trinajstić information content (AvgIpc) is 2.63. The van der Waals surface area contributed by atoms with Crippen molar-refractivity contribution in [3.8, 4) is 0 Å². The van der Waals surface area contributed by atoms with E-state index in [9.17, 15) is 4.79 Å². The van der Waals surface area contributed by atoms with E-state index < -0.39 is 0 Å². The van der Waals surface area contributed by atoms with Crippen LogP contribution >= 0.6 is 11.3 Å². The fourth-order valence-corrected chi connectivity index (χ4v) is 4.18. The molecule has 3 rings (SSSR count). The van der Waals surface area contributed by atoms with Gasteiger partial charge in [0.15, 0.2) is 0 Å². The monoisotopic (exact) mass is 302 g/mol. The molecule has 4 heteroatoms. The molecule has 1 amide bonds. The number of thiophene rings is 1. The molecule has 3 nitrogen and oxygen atoms in total. The van der Waals surface area contributed by atoms with Gasteiger partial charge in [-0.1, -0.05) is 19.1 Å². The molecule has 112 valence electrons. The fraction of sp³-hybridized carbons (Fsp3) is 0.471. The van der Waals surface area contributed by atoms with Gasteiger partial charge >= 0.3 is 0 Å². The first-order valence-corrected chi connectivity index (χ1v) is 8.46. The highest BCUT2D eigenvalue weighted by molar-refractivity contribution is 7.21. The highest BCUT2D eigenvalue weighted by Gasteiger charge is 2.24. The number of nitrogens with two attached hydrogens (primary N) is 1. The summed E-state index contributed by atoms with van der Waals surface area (Å²) in [6.45, 7) is 6.04. The van der Waals surface area contributed by atoms with Crippen molar-refractivity contribution in [3.05, 3.63) is 28.6 Å². The van der Waals surface area contributed by atoms with Gasteiger partial charge in [0.25, 0.3) is 5.91 Å². The Hall–Kier alpha value is -1.55. The third-order valence-corrected chi connectivity index (χ3v) is 5.54. The summed E-state index contributed by atoms with van der Waals surface area (Å²) in [5.41, 5.74) is 8.08. The first-order valence-electron chi connectivity index (χ1n) is 7.64. The summed E-state index contributed by atoms with van der Waals surface area (Å²) in [6.07, 6.45) is 3.40. The van der Waals surface area contributed by atoms with E-state index in [4.69, 9.17) is 5.73 Å². The van der Waals surface area contributed by atoms with Crippen LogP contribution in [0.1, 0.15) is 41.4 Å². The molecule has 2 heterocycles. The minimum absolute atomic E-state index is 0.112. The lowest BCUT2D eigenvalue weighted by molar-refractivity contribution is 0.0766. The van der Waals surface area contributed by atoms with Crippen LogP contribution in [0.25, 0.3) is 10.1 Å². The van der Waals surface area contributed by atoms with Crippen LogP contribution in [-0.4, -0.2) is 23.9 Å². The predicted molar refractivity (Wildman–Crippen MR) is 89.9 cm³/mol. The second-order valence-electron chi connectivity index (χ2n) is 6.17. The van der Waals surface area contributed by atoms with E-state index in [0.29, 0.717) is 16.5 Å². The average molecular weight is 302 g/mol. The number of rotatable bonds is 1. The van der Waals surface area contributed by atoms with Crippen LogP contribution in [0.3, 0.4) is 0 Å². The summed E-state index contributed by atoms with van der Waals surface area (Å²) < 4.78 is 1.11. The predicted octanol–water partition coefficient (Wildman–Crippen LogP) is 4.05. The number of hydrogen-bond donors (Lipinski definition) is 1. The van der Waals surface area contributed by atoms with Crippen LogP contribution in [0.5, 0.6) is 0 Å². The molecule has 21 heavy (non-hydrogen) atoms. The fourth-order valence-electron chi connectivity index (χ4n) is 2.99. The summed E-state index contributed by atoms with van der Waals surface area (Å²) in [4.78, 5) is 15.5. The number of nitrogen functional groups attached to an aromatic ring is 1. The van der Waals surface area contributed by atoms with Gasteiger partial charge in [0.1, 0.15) is 4.88 Å². The number of benzene rings is 1. The molecule has 1 atom stereocenters. The molecule has 1 aliphatic heterocycles. The third kappa shape index (κ3) is 2.77. The van der Waals surface area contributed by atoms with Gasteiger partial charge in [0, 0.05) is 23.2 Å². The third-order valence-electron chi connectivity index (χ3n) is 4.38. The van der Waals surface area contributed by atoms with E-state index in [-0.39, 0.29) is 5.91 Å². The number of nitrogens with zero attached hydrogens (tertiary/aromatic N) is 1. The summed E-state index contributed by atoms with van der Waals surface area (Å²) in [6, 6.07) is 6.18. The zero-order valence-corrected chi connectivity index (χ0v) is 13.5. The standard InChI is InChI=1S/C17H22N2OS/c1-11-4-3-8-19(9-7-11)17(20)16-15(18)13-6-5-12(2)10-14(13)21-16/h5-6,10-11H,3-4,7-9,18H2,1-2H3. The largest absolute Gasteiger partial charge is 0.397 e. The van der Waals surface area contributed by atoms with E-state index in [1.165, 1.54) is 23.3 Å². The Balaban J connectivity index is 1.92. The lowest BCUT2D eigenvalue weighted by Gasteiger charge is -2.19. The van der Waals surface area contributed by atoms with Gasteiger partial charge in [-0.05, 0) is 43.7 Å². The van der Waals surface area contributed by atoms with Crippen LogP contribution in [-0.2, 0) is 0 Å². The molecule has 1 fully saturated rings. The summed E-state index contributed by atoms with van der Waals surface area (Å²) >= 11 is 1.53. The van der Waals surface area contributed by atoms with Gasteiger partial charge < -0.3 is 10.6 Å². The molecule has 1 aromatic carbocycles. The van der Waals surface area contributed by atoms with Crippen LogP contribution < -0.4 is 5.73 Å². The van der Waals surface area contributed by atoms with Gasteiger partial charge in [-0.15, -0.1) is 11.3 Å². The van der Waals surface area contributed by atoms with Crippen LogP contribution in [0.15, 0.2) is 18.2 Å². The van der Waals surface area contributed by atoms with Gasteiger partial charge in [-0.3, -0.25) is 4.79 Å². The van der Waals surface area contributed by atoms with Gasteiger partial charge in [0.05, 0.1) is 5.69 Å². The van der Waals surface area contributed by atoms with Crippen molar-refractivity contribution in [2.45, 2.75) is 33.1 Å². The van der Waals surface area contributed by atoms with E-state index in [2.05, 4.69) is 19.9 Å². The molecule has 0 spiro atoms. The van der Waals surface area contributed by atoms with E-state index in [0.717, 1.165) is 36.0 Å². The number of hydrogen-bond acceptors (Lipinski definition) is 3. The molecule has 1 aliphatic rings. The number of likely N-dealkylation sites (tertiary alicyclic amines) is 1. The molecule has 0 bridgehead atoms. The molecule has 1 aromatic heterocycles. The number of anilines is 1. The molecular formula is C17H22N2OS. The molecule has 1 saturated heterocycles. The Bertz CT molecular complexity index is 677. The minimum Gasteiger partial charge on any atom is -0.397 e. The van der Waals surface area contributed by atoms with Crippen LogP contribution in [0.2, 0.25) is 0 Å². The van der Waals surface area contributed by atoms with Crippen LogP contribution in [0, 0.1) is 12.8 Å². The summed E-state index contributed by atoms with van der Waals surface area (Å²) in [7, 11) is 0. The minimum atomic E-state index is 0.112. The first-order chi connectivity index (χ1) is 10.1. The van der Waals surface area contributed by atoms with E-state index >= 15 is 0 Å². The highest BCUT2D eigenvalue weighted by atomic mass is 32.1. The number of aryl methyl sites for hydroxylation is 1. The summed E-state index contributed by atoms with van der Waals surface area (Å²) in [5, 5.41) is 1.01. The maximum absolute atomic E-state index is 12.8. The van der Waals surface area contributed by atoms with Crippen molar-refractivity contribution in [2.75, 3.05) is 18.8 Å². The molecule has 0 aliphatic carbocycles. The second-order valence-corrected chi connectivity index (χ2v) is 7.22. The lowest BCUT2D eigenvalue weighted by Crippen LogP contribution is -2.31. The van der Waals surface area contributed by atoms with E-state index in [1.807, 2.05) is 17.0 Å². The summed E-state index contributed by atoms with van der Waals surface area (Å²) in [5.74, 6) is 0.825. The number of amides is 1. The quantitative estimate of drug-likeness (QED) is 0.863. The van der Waals surface area contributed by atoms with Gasteiger partial charge in [-0.2, -0.15) is 0 Å². The molecule has 0 saturated carbocycles. The van der Waals surface area contributed by atoms with Crippen molar-refractivity contribution in [1.29, 1.82) is 0 Å². The smallest absolute Gasteiger partial charge is 0.266 e. The van der Waals surface area contributed by atoms with Crippen molar-refractivity contribution in [1.82, 2.24) is 4.90 Å². The maximum Gasteiger partial charge on any atom is 0.266 e. The van der Waals surface area contributed by atoms with Crippen molar-refractivity contribution in [2.24, 2.45) is 5.92 Å². The molecule has 0 radical (unpaired) electrons. The number of carbonyl (C=O) groups is 1. The van der Waals surface area contributed by atoms with Gasteiger partial charge in [0.2, 0.25) is 0 Å². The van der Waals surface area contributed by atoms with Crippen molar-refractivity contribution in [3.63, 3.8) is 0 Å².